The molecule has 1 aliphatic heterocycles. The highest BCUT2D eigenvalue weighted by atomic mass is 32.2. The molecule has 0 aromatic heterocycles. The summed E-state index contributed by atoms with van der Waals surface area (Å²) < 4.78 is 38.9. The average Bonchev–Trinajstić information content (AvgIpc) is 2.59. The number of nitrogens with zero attached hydrogens (tertiary/aromatic N) is 1. The number of carboxylic acid groups (broad SMARTS) is 1. The van der Waals surface area contributed by atoms with Crippen molar-refractivity contribution >= 4 is 21.7 Å². The van der Waals surface area contributed by atoms with Gasteiger partial charge in [0.15, 0.2) is 0 Å². The topological polar surface area (TPSA) is 93.1 Å². The van der Waals surface area contributed by atoms with E-state index in [4.69, 9.17) is 14.6 Å². The van der Waals surface area contributed by atoms with E-state index in [1.807, 2.05) is 0 Å². The Bertz CT molecular complexity index is 976. The predicted octanol–water partition coefficient (Wildman–Crippen LogP) is 2.53. The number of methoxy groups -OCH3 is 1. The minimum Gasteiger partial charge on any atom is -0.497 e. The average molecular weight is 391 g/mol. The van der Waals surface area contributed by atoms with Crippen molar-refractivity contribution in [2.75, 3.05) is 24.6 Å². The van der Waals surface area contributed by atoms with Crippen molar-refractivity contribution in [2.24, 2.45) is 0 Å². The van der Waals surface area contributed by atoms with Crippen LogP contribution in [-0.2, 0) is 21.2 Å². The molecule has 3 rings (SSSR count). The van der Waals surface area contributed by atoms with Crippen LogP contribution in [0, 0.1) is 13.8 Å². The maximum absolute atomic E-state index is 13.4. The van der Waals surface area contributed by atoms with Crippen LogP contribution in [0.25, 0.3) is 0 Å². The van der Waals surface area contributed by atoms with Gasteiger partial charge in [-0.3, -0.25) is 9.10 Å². The van der Waals surface area contributed by atoms with Crippen LogP contribution >= 0.6 is 0 Å². The number of rotatable bonds is 5. The van der Waals surface area contributed by atoms with Gasteiger partial charge < -0.3 is 14.6 Å². The van der Waals surface area contributed by atoms with Crippen molar-refractivity contribution in [3.8, 4) is 11.5 Å². The third-order valence-corrected chi connectivity index (χ3v) is 6.54. The molecule has 0 atom stereocenters. The molecule has 0 saturated carbocycles. The van der Waals surface area contributed by atoms with Crippen molar-refractivity contribution in [2.45, 2.75) is 25.2 Å². The third kappa shape index (κ3) is 3.57. The summed E-state index contributed by atoms with van der Waals surface area (Å²) in [6.45, 7) is 3.82. The van der Waals surface area contributed by atoms with Gasteiger partial charge in [-0.05, 0) is 54.8 Å². The molecule has 0 spiro atoms. The molecule has 1 aliphatic rings. The molecule has 144 valence electrons. The fourth-order valence-corrected chi connectivity index (χ4v) is 5.19. The number of benzene rings is 2. The zero-order valence-corrected chi connectivity index (χ0v) is 16.2. The molecule has 1 N–H and O–H groups in total. The van der Waals surface area contributed by atoms with Gasteiger partial charge in [-0.2, -0.15) is 0 Å². The third-order valence-electron chi connectivity index (χ3n) is 4.42. The Hall–Kier alpha value is -2.74. The SMILES string of the molecule is COc1cc(C)c(S(=O)(=O)N2CCOc3ccc(CC(=O)O)cc32)c(C)c1. The molecule has 2 aromatic carbocycles. The largest absolute Gasteiger partial charge is 0.497 e. The quantitative estimate of drug-likeness (QED) is 0.842. The second-order valence-corrected chi connectivity index (χ2v) is 8.19. The Labute approximate surface area is 158 Å². The van der Waals surface area contributed by atoms with E-state index < -0.39 is 16.0 Å². The van der Waals surface area contributed by atoms with E-state index in [1.54, 1.807) is 44.2 Å². The number of ether oxygens (including phenoxy) is 2. The number of carbonyl (C=O) groups is 1. The van der Waals surface area contributed by atoms with Crippen LogP contribution < -0.4 is 13.8 Å². The zero-order valence-electron chi connectivity index (χ0n) is 15.4. The van der Waals surface area contributed by atoms with Crippen molar-refractivity contribution in [1.29, 1.82) is 0 Å². The molecule has 0 bridgehead atoms. The standard InChI is InChI=1S/C19H21NO6S/c1-12-8-15(25-3)9-13(2)19(12)27(23,24)20-6-7-26-17-5-4-14(10-16(17)20)11-18(21)22/h4-5,8-10H,6-7,11H2,1-3H3,(H,21,22). The van der Waals surface area contributed by atoms with E-state index in [0.29, 0.717) is 33.9 Å². The number of hydrogen-bond acceptors (Lipinski definition) is 5. The number of aliphatic carboxylic acids is 1. The summed E-state index contributed by atoms with van der Waals surface area (Å²) >= 11 is 0. The van der Waals surface area contributed by atoms with Gasteiger partial charge in [-0.25, -0.2) is 8.42 Å². The highest BCUT2D eigenvalue weighted by molar-refractivity contribution is 7.93. The number of aryl methyl sites for hydroxylation is 2. The molecular formula is C19H21NO6S. The van der Waals surface area contributed by atoms with E-state index in [-0.39, 0.29) is 24.5 Å². The minimum absolute atomic E-state index is 0.150. The molecule has 0 fully saturated rings. The first-order valence-electron chi connectivity index (χ1n) is 8.39. The lowest BCUT2D eigenvalue weighted by atomic mass is 10.1. The fraction of sp³-hybridized carbons (Fsp3) is 0.316. The highest BCUT2D eigenvalue weighted by Gasteiger charge is 2.33. The van der Waals surface area contributed by atoms with Gasteiger partial charge in [0.25, 0.3) is 10.0 Å². The monoisotopic (exact) mass is 391 g/mol. The van der Waals surface area contributed by atoms with Gasteiger partial charge in [0.05, 0.1) is 30.7 Å². The molecule has 0 unspecified atom stereocenters. The van der Waals surface area contributed by atoms with E-state index >= 15 is 0 Å². The van der Waals surface area contributed by atoms with E-state index in [9.17, 15) is 13.2 Å². The molecule has 0 aliphatic carbocycles. The van der Waals surface area contributed by atoms with Crippen LogP contribution in [0.3, 0.4) is 0 Å². The molecule has 2 aromatic rings. The van der Waals surface area contributed by atoms with Gasteiger partial charge in [0.1, 0.15) is 18.1 Å². The maximum atomic E-state index is 13.4. The summed E-state index contributed by atoms with van der Waals surface area (Å²) in [6.07, 6.45) is -0.193. The van der Waals surface area contributed by atoms with Gasteiger partial charge in [0.2, 0.25) is 0 Å². The fourth-order valence-electron chi connectivity index (χ4n) is 3.32. The van der Waals surface area contributed by atoms with Crippen molar-refractivity contribution in [3.63, 3.8) is 0 Å². The molecular weight excluding hydrogens is 370 g/mol. The Morgan fingerprint density at radius 3 is 2.48 bits per heavy atom. The molecule has 7 nitrogen and oxygen atoms in total. The van der Waals surface area contributed by atoms with E-state index in [2.05, 4.69) is 0 Å². The van der Waals surface area contributed by atoms with Crippen molar-refractivity contribution < 1.29 is 27.8 Å². The first-order chi connectivity index (χ1) is 12.7. The summed E-state index contributed by atoms with van der Waals surface area (Å²) in [5.74, 6) is 0.0285. The summed E-state index contributed by atoms with van der Waals surface area (Å²) in [4.78, 5) is 11.2. The Kier molecular flexibility index (Phi) is 5.01. The zero-order chi connectivity index (χ0) is 19.8. The van der Waals surface area contributed by atoms with Crippen LogP contribution in [0.2, 0.25) is 0 Å². The molecule has 0 radical (unpaired) electrons. The van der Waals surface area contributed by atoms with E-state index in [0.717, 1.165) is 0 Å². The van der Waals surface area contributed by atoms with Crippen LogP contribution in [-0.4, -0.2) is 39.8 Å². The highest BCUT2D eigenvalue weighted by Crippen LogP contribution is 2.38. The molecule has 0 amide bonds. The number of fused-ring (bicyclic) bond motifs is 1. The number of sulfonamides is 1. The number of hydrogen-bond donors (Lipinski definition) is 1. The van der Waals surface area contributed by atoms with Crippen LogP contribution in [0.15, 0.2) is 35.2 Å². The Morgan fingerprint density at radius 1 is 1.22 bits per heavy atom. The number of carboxylic acids is 1. The van der Waals surface area contributed by atoms with Gasteiger partial charge in [-0.15, -0.1) is 0 Å². The summed E-state index contributed by atoms with van der Waals surface area (Å²) in [5.41, 5.74) is 2.04. The lowest BCUT2D eigenvalue weighted by molar-refractivity contribution is -0.136. The first kappa shape index (κ1) is 19.0. The van der Waals surface area contributed by atoms with Crippen molar-refractivity contribution in [3.05, 3.63) is 47.0 Å². The molecule has 27 heavy (non-hydrogen) atoms. The summed E-state index contributed by atoms with van der Waals surface area (Å²) in [7, 11) is -2.32. The van der Waals surface area contributed by atoms with Crippen LogP contribution in [0.1, 0.15) is 16.7 Å². The van der Waals surface area contributed by atoms with Crippen LogP contribution in [0.4, 0.5) is 5.69 Å². The smallest absolute Gasteiger partial charge is 0.307 e. The van der Waals surface area contributed by atoms with Gasteiger partial charge >= 0.3 is 5.97 Å². The second kappa shape index (κ2) is 7.11. The normalized spacial score (nSPS) is 13.7. The molecule has 0 saturated heterocycles. The lowest BCUT2D eigenvalue weighted by Crippen LogP contribution is -2.38. The second-order valence-electron chi connectivity index (χ2n) is 6.39. The first-order valence-corrected chi connectivity index (χ1v) is 9.83. The maximum Gasteiger partial charge on any atom is 0.307 e. The minimum atomic E-state index is -3.86. The summed E-state index contributed by atoms with van der Waals surface area (Å²) in [6, 6.07) is 8.18. The Morgan fingerprint density at radius 2 is 1.89 bits per heavy atom. The number of anilines is 1. The van der Waals surface area contributed by atoms with Gasteiger partial charge in [-0.1, -0.05) is 6.07 Å². The molecule has 1 heterocycles. The predicted molar refractivity (Wildman–Crippen MR) is 100 cm³/mol. The van der Waals surface area contributed by atoms with Gasteiger partial charge in [0, 0.05) is 0 Å². The lowest BCUT2D eigenvalue weighted by Gasteiger charge is -2.31. The van der Waals surface area contributed by atoms with Crippen LogP contribution in [0.5, 0.6) is 11.5 Å². The Balaban J connectivity index is 2.11. The van der Waals surface area contributed by atoms with E-state index in [1.165, 1.54) is 11.4 Å². The summed E-state index contributed by atoms with van der Waals surface area (Å²) in [5, 5.41) is 9.02. The molecule has 8 heteroatoms. The van der Waals surface area contributed by atoms with Crippen molar-refractivity contribution in [1.82, 2.24) is 0 Å².